The second-order valence-electron chi connectivity index (χ2n) is 3.46. The van der Waals surface area contributed by atoms with Crippen LogP contribution in [0.3, 0.4) is 0 Å². The number of aryl methyl sites for hydroxylation is 1. The van der Waals surface area contributed by atoms with E-state index in [1.165, 1.54) is 0 Å². The molecule has 80 valence electrons. The van der Waals surface area contributed by atoms with E-state index in [0.717, 1.165) is 29.4 Å². The van der Waals surface area contributed by atoms with Gasteiger partial charge in [0.05, 0.1) is 18.6 Å². The molecule has 2 heterocycles. The maximum Gasteiger partial charge on any atom is 0.113 e. The maximum atomic E-state index is 5.47. The number of hydrogen-bond donors (Lipinski definition) is 1. The molecule has 0 bridgehead atoms. The lowest BCUT2D eigenvalue weighted by molar-refractivity contribution is 0.786. The van der Waals surface area contributed by atoms with Crippen molar-refractivity contribution in [3.8, 4) is 0 Å². The van der Waals surface area contributed by atoms with E-state index in [4.69, 9.17) is 5.73 Å². The highest BCUT2D eigenvalue weighted by Crippen LogP contribution is 2.10. The summed E-state index contributed by atoms with van der Waals surface area (Å²) in [6.07, 6.45) is 4.70. The normalized spacial score (nSPS) is 10.8. The van der Waals surface area contributed by atoms with Crippen molar-refractivity contribution < 1.29 is 0 Å². The van der Waals surface area contributed by atoms with Gasteiger partial charge >= 0.3 is 0 Å². The molecule has 0 radical (unpaired) electrons. The maximum absolute atomic E-state index is 5.47. The number of nitrogens with two attached hydrogens (primary N) is 1. The second kappa shape index (κ2) is 4.55. The minimum Gasteiger partial charge on any atom is -0.330 e. The van der Waals surface area contributed by atoms with Crippen molar-refractivity contribution in [1.82, 2.24) is 14.5 Å². The van der Waals surface area contributed by atoms with Gasteiger partial charge in [0.1, 0.15) is 5.01 Å². The van der Waals surface area contributed by atoms with Crippen LogP contribution in [0.15, 0.2) is 17.9 Å². The first-order valence-electron chi connectivity index (χ1n) is 4.89. The van der Waals surface area contributed by atoms with Gasteiger partial charge in [0, 0.05) is 23.7 Å². The van der Waals surface area contributed by atoms with Crippen molar-refractivity contribution in [2.45, 2.75) is 19.9 Å². The molecule has 5 heteroatoms. The number of aromatic nitrogens is 3. The van der Waals surface area contributed by atoms with E-state index in [2.05, 4.69) is 15.3 Å². The zero-order valence-corrected chi connectivity index (χ0v) is 9.50. The molecule has 0 unspecified atom stereocenters. The summed E-state index contributed by atoms with van der Waals surface area (Å²) in [6.45, 7) is 3.46. The lowest BCUT2D eigenvalue weighted by atomic mass is 10.3. The molecule has 0 amide bonds. The van der Waals surface area contributed by atoms with Gasteiger partial charge in [0.25, 0.3) is 0 Å². The number of hydrogen-bond acceptors (Lipinski definition) is 4. The predicted molar refractivity (Wildman–Crippen MR) is 60.9 cm³/mol. The smallest absolute Gasteiger partial charge is 0.113 e. The minimum absolute atomic E-state index is 0.646. The average Bonchev–Trinajstić information content (AvgIpc) is 2.78. The van der Waals surface area contributed by atoms with Crippen molar-refractivity contribution >= 4 is 11.3 Å². The van der Waals surface area contributed by atoms with Crippen LogP contribution < -0.4 is 5.73 Å². The van der Waals surface area contributed by atoms with Crippen molar-refractivity contribution in [1.29, 1.82) is 0 Å². The Bertz CT molecular complexity index is 432. The summed E-state index contributed by atoms with van der Waals surface area (Å²) in [4.78, 5) is 8.68. The molecule has 0 atom stereocenters. The van der Waals surface area contributed by atoms with E-state index >= 15 is 0 Å². The first-order chi connectivity index (χ1) is 7.28. The molecule has 0 fully saturated rings. The standard InChI is InChI=1S/C10H14N4S/c1-8-6-15-10(13-8)5-14-4-9(2-3-11)12-7-14/h4,6-7H,2-3,5,11H2,1H3. The van der Waals surface area contributed by atoms with Gasteiger partial charge in [-0.25, -0.2) is 9.97 Å². The van der Waals surface area contributed by atoms with Crippen LogP contribution in [0.2, 0.25) is 0 Å². The molecule has 4 nitrogen and oxygen atoms in total. The molecule has 2 aromatic rings. The van der Waals surface area contributed by atoms with Gasteiger partial charge in [-0.3, -0.25) is 0 Å². The number of thiazole rings is 1. The van der Waals surface area contributed by atoms with Crippen LogP contribution >= 0.6 is 11.3 Å². The first-order valence-corrected chi connectivity index (χ1v) is 5.77. The third-order valence-electron chi connectivity index (χ3n) is 2.07. The molecule has 2 rings (SSSR count). The third-order valence-corrected chi connectivity index (χ3v) is 3.02. The topological polar surface area (TPSA) is 56.7 Å². The van der Waals surface area contributed by atoms with Crippen LogP contribution in [0.4, 0.5) is 0 Å². The largest absolute Gasteiger partial charge is 0.330 e. The fraction of sp³-hybridized carbons (Fsp3) is 0.400. The molecular weight excluding hydrogens is 208 g/mol. The SMILES string of the molecule is Cc1csc(Cn2cnc(CCN)c2)n1. The van der Waals surface area contributed by atoms with Gasteiger partial charge in [-0.05, 0) is 13.5 Å². The fourth-order valence-corrected chi connectivity index (χ4v) is 2.18. The summed E-state index contributed by atoms with van der Waals surface area (Å²) < 4.78 is 2.04. The van der Waals surface area contributed by atoms with Gasteiger partial charge in [-0.15, -0.1) is 11.3 Å². The van der Waals surface area contributed by atoms with Crippen LogP contribution in [0.1, 0.15) is 16.4 Å². The van der Waals surface area contributed by atoms with Gasteiger partial charge in [-0.1, -0.05) is 0 Å². The van der Waals surface area contributed by atoms with Crippen LogP contribution in [-0.4, -0.2) is 21.1 Å². The number of rotatable bonds is 4. The Morgan fingerprint density at radius 1 is 1.53 bits per heavy atom. The lowest BCUT2D eigenvalue weighted by Gasteiger charge is -1.96. The zero-order valence-electron chi connectivity index (χ0n) is 8.68. The molecule has 15 heavy (non-hydrogen) atoms. The lowest BCUT2D eigenvalue weighted by Crippen LogP contribution is -2.02. The van der Waals surface area contributed by atoms with Gasteiger partial charge in [0.15, 0.2) is 0 Å². The molecule has 0 spiro atoms. The van der Waals surface area contributed by atoms with Gasteiger partial charge in [-0.2, -0.15) is 0 Å². The van der Waals surface area contributed by atoms with E-state index in [-0.39, 0.29) is 0 Å². The van der Waals surface area contributed by atoms with E-state index in [1.54, 1.807) is 11.3 Å². The van der Waals surface area contributed by atoms with E-state index in [0.29, 0.717) is 6.54 Å². The Balaban J connectivity index is 2.04. The highest BCUT2D eigenvalue weighted by molar-refractivity contribution is 7.09. The molecule has 2 aromatic heterocycles. The van der Waals surface area contributed by atoms with Crippen LogP contribution in [-0.2, 0) is 13.0 Å². The Labute approximate surface area is 92.8 Å². The average molecular weight is 222 g/mol. The number of nitrogens with zero attached hydrogens (tertiary/aromatic N) is 3. The molecule has 2 N–H and O–H groups in total. The molecule has 0 aliphatic carbocycles. The minimum atomic E-state index is 0.646. The summed E-state index contributed by atoms with van der Waals surface area (Å²) in [6, 6.07) is 0. The van der Waals surface area contributed by atoms with Crippen LogP contribution in [0.25, 0.3) is 0 Å². The van der Waals surface area contributed by atoms with Gasteiger partial charge < -0.3 is 10.3 Å². The van der Waals surface area contributed by atoms with E-state index in [1.807, 2.05) is 24.0 Å². The Kier molecular flexibility index (Phi) is 3.13. The zero-order chi connectivity index (χ0) is 10.7. The molecule has 0 aliphatic heterocycles. The van der Waals surface area contributed by atoms with Crippen molar-refractivity contribution in [2.24, 2.45) is 5.73 Å². The summed E-state index contributed by atoms with van der Waals surface area (Å²) >= 11 is 1.68. The Hall–Kier alpha value is -1.20. The number of imidazole rings is 1. The molecule has 0 saturated heterocycles. The van der Waals surface area contributed by atoms with Crippen LogP contribution in [0.5, 0.6) is 0 Å². The Morgan fingerprint density at radius 2 is 2.40 bits per heavy atom. The summed E-state index contributed by atoms with van der Waals surface area (Å²) in [5, 5.41) is 3.18. The fourth-order valence-electron chi connectivity index (χ4n) is 1.40. The first kappa shape index (κ1) is 10.3. The molecular formula is C10H14N4S. The summed E-state index contributed by atoms with van der Waals surface area (Å²) in [7, 11) is 0. The molecule has 0 aliphatic rings. The van der Waals surface area contributed by atoms with E-state index < -0.39 is 0 Å². The summed E-state index contributed by atoms with van der Waals surface area (Å²) in [5.74, 6) is 0. The summed E-state index contributed by atoms with van der Waals surface area (Å²) in [5.41, 5.74) is 7.59. The van der Waals surface area contributed by atoms with E-state index in [9.17, 15) is 0 Å². The Morgan fingerprint density at radius 3 is 3.07 bits per heavy atom. The van der Waals surface area contributed by atoms with Crippen molar-refractivity contribution in [2.75, 3.05) is 6.54 Å². The van der Waals surface area contributed by atoms with Crippen molar-refractivity contribution in [3.63, 3.8) is 0 Å². The predicted octanol–water partition coefficient (Wildman–Crippen LogP) is 1.20. The highest BCUT2D eigenvalue weighted by Gasteiger charge is 2.01. The second-order valence-corrected chi connectivity index (χ2v) is 4.40. The quantitative estimate of drug-likeness (QED) is 0.845. The molecule has 0 saturated carbocycles. The highest BCUT2D eigenvalue weighted by atomic mass is 32.1. The van der Waals surface area contributed by atoms with Crippen LogP contribution in [0, 0.1) is 6.92 Å². The van der Waals surface area contributed by atoms with Crippen molar-refractivity contribution in [3.05, 3.63) is 34.3 Å². The third kappa shape index (κ3) is 2.64. The monoisotopic (exact) mass is 222 g/mol. The van der Waals surface area contributed by atoms with Gasteiger partial charge in [0.2, 0.25) is 0 Å². The molecule has 0 aromatic carbocycles.